The highest BCUT2D eigenvalue weighted by atomic mass is 35.5. The first kappa shape index (κ1) is 13.0. The standard InChI is InChI=1S/C9H10ClF3N2O/c1-6-7(4-10)5-14-8(15-6)16-3-2-9(11,12)13/h5H,2-4H2,1H3. The maximum Gasteiger partial charge on any atom is 0.392 e. The Kier molecular flexibility index (Phi) is 4.35. The molecule has 0 radical (unpaired) electrons. The number of hydrogen-bond donors (Lipinski definition) is 0. The van der Waals surface area contributed by atoms with Crippen molar-refractivity contribution in [3.05, 3.63) is 17.5 Å². The summed E-state index contributed by atoms with van der Waals surface area (Å²) in [7, 11) is 0. The molecule has 16 heavy (non-hydrogen) atoms. The zero-order valence-electron chi connectivity index (χ0n) is 8.51. The summed E-state index contributed by atoms with van der Waals surface area (Å²) in [5.74, 6) is 0.259. The monoisotopic (exact) mass is 254 g/mol. The zero-order valence-corrected chi connectivity index (χ0v) is 9.27. The van der Waals surface area contributed by atoms with E-state index < -0.39 is 19.2 Å². The summed E-state index contributed by atoms with van der Waals surface area (Å²) in [6.45, 7) is 1.21. The first-order chi connectivity index (χ1) is 7.42. The highest BCUT2D eigenvalue weighted by Crippen LogP contribution is 2.19. The van der Waals surface area contributed by atoms with E-state index in [-0.39, 0.29) is 11.9 Å². The van der Waals surface area contributed by atoms with Gasteiger partial charge in [-0.2, -0.15) is 13.2 Å². The molecule has 0 aliphatic heterocycles. The lowest BCUT2D eigenvalue weighted by Crippen LogP contribution is -2.14. The van der Waals surface area contributed by atoms with Crippen molar-refractivity contribution in [2.24, 2.45) is 0 Å². The van der Waals surface area contributed by atoms with E-state index in [1.54, 1.807) is 6.92 Å². The van der Waals surface area contributed by atoms with Crippen LogP contribution in [0.5, 0.6) is 6.01 Å². The Morgan fingerprint density at radius 3 is 2.62 bits per heavy atom. The van der Waals surface area contributed by atoms with Crippen LogP contribution in [0, 0.1) is 6.92 Å². The van der Waals surface area contributed by atoms with Crippen molar-refractivity contribution in [2.45, 2.75) is 25.4 Å². The summed E-state index contributed by atoms with van der Waals surface area (Å²) >= 11 is 5.58. The molecule has 1 rings (SSSR count). The van der Waals surface area contributed by atoms with E-state index >= 15 is 0 Å². The molecule has 0 spiro atoms. The lowest BCUT2D eigenvalue weighted by molar-refractivity contribution is -0.139. The van der Waals surface area contributed by atoms with Crippen molar-refractivity contribution < 1.29 is 17.9 Å². The summed E-state index contributed by atoms with van der Waals surface area (Å²) in [5.41, 5.74) is 1.33. The first-order valence-corrected chi connectivity index (χ1v) is 5.04. The molecule has 7 heteroatoms. The van der Waals surface area contributed by atoms with Crippen LogP contribution in [0.3, 0.4) is 0 Å². The Morgan fingerprint density at radius 1 is 1.44 bits per heavy atom. The molecule has 0 bridgehead atoms. The van der Waals surface area contributed by atoms with Crippen LogP contribution in [0.1, 0.15) is 17.7 Å². The van der Waals surface area contributed by atoms with Crippen LogP contribution in [-0.4, -0.2) is 22.8 Å². The van der Waals surface area contributed by atoms with Gasteiger partial charge in [0, 0.05) is 17.5 Å². The molecule has 90 valence electrons. The molecule has 0 atom stereocenters. The Labute approximate surface area is 95.6 Å². The van der Waals surface area contributed by atoms with Gasteiger partial charge in [0.05, 0.1) is 12.3 Å². The topological polar surface area (TPSA) is 35.0 Å². The zero-order chi connectivity index (χ0) is 12.2. The molecule has 0 aromatic carbocycles. The fraction of sp³-hybridized carbons (Fsp3) is 0.556. The number of hydrogen-bond acceptors (Lipinski definition) is 3. The van der Waals surface area contributed by atoms with Crippen molar-refractivity contribution in [2.75, 3.05) is 6.61 Å². The minimum absolute atomic E-state index is 0.0596. The second kappa shape index (κ2) is 5.34. The third kappa shape index (κ3) is 4.22. The summed E-state index contributed by atoms with van der Waals surface area (Å²) in [5, 5.41) is 0. The van der Waals surface area contributed by atoms with Gasteiger partial charge in [-0.1, -0.05) is 0 Å². The van der Waals surface area contributed by atoms with Gasteiger partial charge in [-0.05, 0) is 6.92 Å². The molecule has 0 saturated carbocycles. The summed E-state index contributed by atoms with van der Waals surface area (Å²) in [6.07, 6.45) is -3.81. The fourth-order valence-corrected chi connectivity index (χ4v) is 1.19. The lowest BCUT2D eigenvalue weighted by atomic mass is 10.3. The van der Waals surface area contributed by atoms with Crippen LogP contribution in [-0.2, 0) is 5.88 Å². The molecular weight excluding hydrogens is 245 g/mol. The number of aryl methyl sites for hydroxylation is 1. The third-order valence-corrected chi connectivity index (χ3v) is 2.11. The van der Waals surface area contributed by atoms with Gasteiger partial charge in [-0.3, -0.25) is 0 Å². The average Bonchev–Trinajstić information content (AvgIpc) is 2.16. The van der Waals surface area contributed by atoms with Crippen molar-refractivity contribution in [3.8, 4) is 6.01 Å². The number of aromatic nitrogens is 2. The smallest absolute Gasteiger partial charge is 0.392 e. The van der Waals surface area contributed by atoms with Gasteiger partial charge in [0.25, 0.3) is 0 Å². The normalized spacial score (nSPS) is 11.6. The van der Waals surface area contributed by atoms with Gasteiger partial charge >= 0.3 is 12.2 Å². The van der Waals surface area contributed by atoms with Gasteiger partial charge in [0.2, 0.25) is 0 Å². The SMILES string of the molecule is Cc1nc(OCCC(F)(F)F)ncc1CCl. The molecule has 0 unspecified atom stereocenters. The van der Waals surface area contributed by atoms with E-state index in [2.05, 4.69) is 9.97 Å². The van der Waals surface area contributed by atoms with Gasteiger partial charge < -0.3 is 4.74 Å². The van der Waals surface area contributed by atoms with Crippen LogP contribution in [0.4, 0.5) is 13.2 Å². The summed E-state index contributed by atoms with van der Waals surface area (Å²) in [6, 6.07) is -0.0596. The van der Waals surface area contributed by atoms with Crippen molar-refractivity contribution in [3.63, 3.8) is 0 Å². The molecule has 1 heterocycles. The molecule has 0 aliphatic rings. The highest BCUT2D eigenvalue weighted by molar-refractivity contribution is 6.17. The Hall–Kier alpha value is -1.04. The van der Waals surface area contributed by atoms with Crippen molar-refractivity contribution >= 4 is 11.6 Å². The lowest BCUT2D eigenvalue weighted by Gasteiger charge is -2.08. The summed E-state index contributed by atoms with van der Waals surface area (Å²) in [4.78, 5) is 7.62. The van der Waals surface area contributed by atoms with E-state index in [1.807, 2.05) is 0 Å². The van der Waals surface area contributed by atoms with Crippen molar-refractivity contribution in [1.29, 1.82) is 0 Å². The number of halogens is 4. The predicted octanol–water partition coefficient (Wildman–Crippen LogP) is 2.86. The van der Waals surface area contributed by atoms with Gasteiger partial charge in [0.1, 0.15) is 6.61 Å². The number of alkyl halides is 4. The molecule has 0 aliphatic carbocycles. The molecule has 0 N–H and O–H groups in total. The van der Waals surface area contributed by atoms with E-state index in [0.717, 1.165) is 5.56 Å². The Balaban J connectivity index is 2.52. The van der Waals surface area contributed by atoms with Crippen molar-refractivity contribution in [1.82, 2.24) is 9.97 Å². The van der Waals surface area contributed by atoms with Crippen LogP contribution in [0.25, 0.3) is 0 Å². The minimum Gasteiger partial charge on any atom is -0.463 e. The van der Waals surface area contributed by atoms with E-state index in [0.29, 0.717) is 5.69 Å². The molecule has 1 aromatic rings. The third-order valence-electron chi connectivity index (χ3n) is 1.82. The van der Waals surface area contributed by atoms with Gasteiger partial charge in [-0.15, -0.1) is 11.6 Å². The van der Waals surface area contributed by atoms with Crippen LogP contribution >= 0.6 is 11.6 Å². The van der Waals surface area contributed by atoms with Gasteiger partial charge in [-0.25, -0.2) is 9.97 Å². The Morgan fingerprint density at radius 2 is 2.12 bits per heavy atom. The fourth-order valence-electron chi connectivity index (χ4n) is 0.929. The molecular formula is C9H10ClF3N2O. The van der Waals surface area contributed by atoms with Crippen LogP contribution in [0.15, 0.2) is 6.20 Å². The molecule has 0 amide bonds. The van der Waals surface area contributed by atoms with E-state index in [4.69, 9.17) is 16.3 Å². The second-order valence-electron chi connectivity index (χ2n) is 3.11. The van der Waals surface area contributed by atoms with E-state index in [9.17, 15) is 13.2 Å². The predicted molar refractivity (Wildman–Crippen MR) is 52.5 cm³/mol. The van der Waals surface area contributed by atoms with Crippen LogP contribution < -0.4 is 4.74 Å². The van der Waals surface area contributed by atoms with Gasteiger partial charge in [0.15, 0.2) is 0 Å². The minimum atomic E-state index is -4.23. The number of ether oxygens (including phenoxy) is 1. The quantitative estimate of drug-likeness (QED) is 0.775. The maximum absolute atomic E-state index is 11.8. The van der Waals surface area contributed by atoms with Crippen LogP contribution in [0.2, 0.25) is 0 Å². The molecule has 1 aromatic heterocycles. The van der Waals surface area contributed by atoms with E-state index in [1.165, 1.54) is 6.20 Å². The maximum atomic E-state index is 11.8. The second-order valence-corrected chi connectivity index (χ2v) is 3.38. The number of rotatable bonds is 4. The summed E-state index contributed by atoms with van der Waals surface area (Å²) < 4.78 is 40.2. The largest absolute Gasteiger partial charge is 0.463 e. The average molecular weight is 255 g/mol. The Bertz CT molecular complexity index is 357. The molecule has 0 fully saturated rings. The molecule has 0 saturated heterocycles. The first-order valence-electron chi connectivity index (χ1n) is 4.50. The highest BCUT2D eigenvalue weighted by Gasteiger charge is 2.27. The number of nitrogens with zero attached hydrogens (tertiary/aromatic N) is 2. The molecule has 3 nitrogen and oxygen atoms in total.